The van der Waals surface area contributed by atoms with Gasteiger partial charge in [0, 0.05) is 18.7 Å². The van der Waals surface area contributed by atoms with Crippen molar-refractivity contribution in [2.45, 2.75) is 32.2 Å². The molecule has 0 aliphatic carbocycles. The third-order valence-electron chi connectivity index (χ3n) is 3.79. The summed E-state index contributed by atoms with van der Waals surface area (Å²) in [5, 5.41) is 12.0. The van der Waals surface area contributed by atoms with Gasteiger partial charge in [-0.2, -0.15) is 4.80 Å². The van der Waals surface area contributed by atoms with Crippen LogP contribution in [0.3, 0.4) is 0 Å². The fourth-order valence-corrected chi connectivity index (χ4v) is 2.57. The van der Waals surface area contributed by atoms with Crippen molar-refractivity contribution in [1.29, 1.82) is 0 Å². The molecule has 7 heteroatoms. The summed E-state index contributed by atoms with van der Waals surface area (Å²) in [6.07, 6.45) is 4.47. The Balaban J connectivity index is 1.66. The van der Waals surface area contributed by atoms with Crippen molar-refractivity contribution in [3.63, 3.8) is 0 Å². The molecular weight excluding hydrogens is 285 g/mol. The van der Waals surface area contributed by atoms with E-state index in [1.54, 1.807) is 12.1 Å². The van der Waals surface area contributed by atoms with E-state index in [0.717, 1.165) is 25.9 Å². The van der Waals surface area contributed by atoms with Gasteiger partial charge in [0.2, 0.25) is 11.7 Å². The summed E-state index contributed by atoms with van der Waals surface area (Å²) in [7, 11) is 0. The molecule has 0 radical (unpaired) electrons. The van der Waals surface area contributed by atoms with Gasteiger partial charge in [0.15, 0.2) is 0 Å². The first-order chi connectivity index (χ1) is 10.7. The number of carbonyl (C=O) groups is 1. The molecule has 1 fully saturated rings. The topological polar surface area (TPSA) is 63.9 Å². The van der Waals surface area contributed by atoms with Crippen molar-refractivity contribution in [1.82, 2.24) is 25.1 Å². The van der Waals surface area contributed by atoms with E-state index in [2.05, 4.69) is 15.4 Å². The molecule has 1 aromatic carbocycles. The molecule has 0 spiro atoms. The number of hydrogen-bond donors (Lipinski definition) is 0. The molecule has 1 aliphatic rings. The molecule has 116 valence electrons. The summed E-state index contributed by atoms with van der Waals surface area (Å²) in [6, 6.07) is 5.87. The Hall–Kier alpha value is -2.31. The van der Waals surface area contributed by atoms with E-state index >= 15 is 0 Å². The number of halogens is 1. The Morgan fingerprint density at radius 3 is 2.45 bits per heavy atom. The van der Waals surface area contributed by atoms with Crippen LogP contribution in [0.15, 0.2) is 24.3 Å². The zero-order valence-electron chi connectivity index (χ0n) is 12.3. The summed E-state index contributed by atoms with van der Waals surface area (Å²) < 4.78 is 12.9. The maximum Gasteiger partial charge on any atom is 0.246 e. The van der Waals surface area contributed by atoms with Crippen molar-refractivity contribution in [3.05, 3.63) is 30.1 Å². The molecule has 6 nitrogen and oxygen atoms in total. The maximum atomic E-state index is 12.9. The van der Waals surface area contributed by atoms with Crippen LogP contribution in [-0.2, 0) is 11.3 Å². The van der Waals surface area contributed by atoms with Crippen LogP contribution in [0.4, 0.5) is 4.39 Å². The molecule has 1 aromatic heterocycles. The molecule has 0 saturated carbocycles. The van der Waals surface area contributed by atoms with Crippen LogP contribution in [0.25, 0.3) is 11.4 Å². The van der Waals surface area contributed by atoms with Crippen LogP contribution in [0.1, 0.15) is 25.7 Å². The number of carbonyl (C=O) groups excluding carboxylic acids is 1. The first-order valence-corrected chi connectivity index (χ1v) is 7.54. The van der Waals surface area contributed by atoms with E-state index < -0.39 is 0 Å². The zero-order chi connectivity index (χ0) is 15.4. The zero-order valence-corrected chi connectivity index (χ0v) is 12.3. The summed E-state index contributed by atoms with van der Waals surface area (Å²) in [4.78, 5) is 15.4. The largest absolute Gasteiger partial charge is 0.341 e. The lowest BCUT2D eigenvalue weighted by Crippen LogP contribution is -2.35. The molecule has 1 amide bonds. The van der Waals surface area contributed by atoms with Crippen molar-refractivity contribution in [3.8, 4) is 11.4 Å². The van der Waals surface area contributed by atoms with Gasteiger partial charge >= 0.3 is 0 Å². The Morgan fingerprint density at radius 1 is 1.09 bits per heavy atom. The molecule has 1 saturated heterocycles. The van der Waals surface area contributed by atoms with Gasteiger partial charge < -0.3 is 4.90 Å². The van der Waals surface area contributed by atoms with Gasteiger partial charge in [-0.05, 0) is 42.3 Å². The Labute approximate surface area is 127 Å². The molecule has 0 unspecified atom stereocenters. The highest BCUT2D eigenvalue weighted by molar-refractivity contribution is 5.75. The maximum absolute atomic E-state index is 12.9. The van der Waals surface area contributed by atoms with E-state index in [4.69, 9.17) is 0 Å². The Bertz CT molecular complexity index is 632. The fourth-order valence-electron chi connectivity index (χ4n) is 2.57. The molecule has 1 aliphatic heterocycles. The van der Waals surface area contributed by atoms with Gasteiger partial charge in [-0.1, -0.05) is 12.8 Å². The first-order valence-electron chi connectivity index (χ1n) is 7.54. The number of likely N-dealkylation sites (tertiary alicyclic amines) is 1. The van der Waals surface area contributed by atoms with Gasteiger partial charge in [-0.25, -0.2) is 4.39 Å². The number of amides is 1. The van der Waals surface area contributed by atoms with E-state index in [1.165, 1.54) is 29.8 Å². The molecule has 2 heterocycles. The molecular formula is C15H18FN5O. The van der Waals surface area contributed by atoms with Gasteiger partial charge in [-0.3, -0.25) is 4.79 Å². The third-order valence-corrected chi connectivity index (χ3v) is 3.79. The minimum atomic E-state index is -0.313. The molecule has 0 N–H and O–H groups in total. The number of aromatic nitrogens is 4. The van der Waals surface area contributed by atoms with Crippen molar-refractivity contribution in [2.75, 3.05) is 13.1 Å². The second-order valence-electron chi connectivity index (χ2n) is 5.45. The van der Waals surface area contributed by atoms with E-state index in [1.807, 2.05) is 4.90 Å². The highest BCUT2D eigenvalue weighted by Gasteiger charge is 2.17. The number of nitrogens with zero attached hydrogens (tertiary/aromatic N) is 5. The van der Waals surface area contributed by atoms with Crippen LogP contribution in [0.5, 0.6) is 0 Å². The summed E-state index contributed by atoms with van der Waals surface area (Å²) in [5.74, 6) is 0.0982. The predicted octanol–water partition coefficient (Wildman–Crippen LogP) is 1.88. The molecule has 0 bridgehead atoms. The van der Waals surface area contributed by atoms with Gasteiger partial charge in [0.25, 0.3) is 0 Å². The third kappa shape index (κ3) is 3.47. The smallest absolute Gasteiger partial charge is 0.246 e. The van der Waals surface area contributed by atoms with Crippen LogP contribution >= 0.6 is 0 Å². The van der Waals surface area contributed by atoms with E-state index in [9.17, 15) is 9.18 Å². The minimum absolute atomic E-state index is 0.0185. The van der Waals surface area contributed by atoms with Crippen molar-refractivity contribution < 1.29 is 9.18 Å². The van der Waals surface area contributed by atoms with E-state index in [0.29, 0.717) is 11.4 Å². The number of tetrazole rings is 1. The Kier molecular flexibility index (Phi) is 4.41. The lowest BCUT2D eigenvalue weighted by molar-refractivity contribution is -0.132. The van der Waals surface area contributed by atoms with Crippen LogP contribution < -0.4 is 0 Å². The number of benzene rings is 1. The van der Waals surface area contributed by atoms with Crippen LogP contribution in [0.2, 0.25) is 0 Å². The predicted molar refractivity (Wildman–Crippen MR) is 78.3 cm³/mol. The highest BCUT2D eigenvalue weighted by Crippen LogP contribution is 2.14. The van der Waals surface area contributed by atoms with E-state index in [-0.39, 0.29) is 18.3 Å². The minimum Gasteiger partial charge on any atom is -0.341 e. The Morgan fingerprint density at radius 2 is 1.77 bits per heavy atom. The summed E-state index contributed by atoms with van der Waals surface area (Å²) >= 11 is 0. The summed E-state index contributed by atoms with van der Waals surface area (Å²) in [6.45, 7) is 1.70. The van der Waals surface area contributed by atoms with Crippen molar-refractivity contribution >= 4 is 5.91 Å². The number of hydrogen-bond acceptors (Lipinski definition) is 4. The molecule has 3 rings (SSSR count). The first kappa shape index (κ1) is 14.6. The average Bonchev–Trinajstić information content (AvgIpc) is 2.81. The van der Waals surface area contributed by atoms with Gasteiger partial charge in [0.05, 0.1) is 0 Å². The quantitative estimate of drug-likeness (QED) is 0.868. The van der Waals surface area contributed by atoms with Crippen LogP contribution in [-0.4, -0.2) is 44.1 Å². The molecule has 22 heavy (non-hydrogen) atoms. The number of rotatable bonds is 3. The standard InChI is InChI=1S/C15H18FN5O/c16-13-7-5-12(6-8-13)15-17-19-21(18-15)11-14(22)20-9-3-1-2-4-10-20/h5-8H,1-4,9-11H2. The molecule has 2 aromatic rings. The SMILES string of the molecule is O=C(Cn1nnc(-c2ccc(F)cc2)n1)N1CCCCCC1. The van der Waals surface area contributed by atoms with Crippen molar-refractivity contribution in [2.24, 2.45) is 0 Å². The lowest BCUT2D eigenvalue weighted by atomic mass is 10.2. The summed E-state index contributed by atoms with van der Waals surface area (Å²) in [5.41, 5.74) is 0.676. The lowest BCUT2D eigenvalue weighted by Gasteiger charge is -2.19. The highest BCUT2D eigenvalue weighted by atomic mass is 19.1. The fraction of sp³-hybridized carbons (Fsp3) is 0.467. The normalized spacial score (nSPS) is 15.6. The second kappa shape index (κ2) is 6.64. The average molecular weight is 303 g/mol. The van der Waals surface area contributed by atoms with Crippen LogP contribution in [0, 0.1) is 5.82 Å². The van der Waals surface area contributed by atoms with Gasteiger partial charge in [-0.15, -0.1) is 10.2 Å². The molecule has 0 atom stereocenters. The monoisotopic (exact) mass is 303 g/mol. The van der Waals surface area contributed by atoms with Gasteiger partial charge in [0.1, 0.15) is 12.4 Å². The second-order valence-corrected chi connectivity index (χ2v) is 5.45.